The predicted octanol–water partition coefficient (Wildman–Crippen LogP) is 4.27. The largest absolute Gasteiger partial charge is 0.236 e. The van der Waals surface area contributed by atoms with E-state index in [1.807, 2.05) is 31.2 Å². The first kappa shape index (κ1) is 14.8. The second kappa shape index (κ2) is 5.93. The summed E-state index contributed by atoms with van der Waals surface area (Å²) >= 11 is 0. The van der Waals surface area contributed by atoms with Gasteiger partial charge in [-0.1, -0.05) is 29.8 Å². The van der Waals surface area contributed by atoms with Crippen molar-refractivity contribution >= 4 is 0 Å². The van der Waals surface area contributed by atoms with Gasteiger partial charge < -0.3 is 0 Å². The molecule has 0 aliphatic heterocycles. The highest BCUT2D eigenvalue weighted by molar-refractivity contribution is 5.64. The molecule has 0 amide bonds. The van der Waals surface area contributed by atoms with Crippen molar-refractivity contribution in [3.05, 3.63) is 71.6 Å². The van der Waals surface area contributed by atoms with Gasteiger partial charge in [0, 0.05) is 23.5 Å². The second-order valence-electron chi connectivity index (χ2n) is 5.09. The van der Waals surface area contributed by atoms with Gasteiger partial charge in [-0.05, 0) is 24.6 Å². The molecule has 0 spiro atoms. The maximum absolute atomic E-state index is 13.7. The molecule has 0 bridgehead atoms. The van der Waals surface area contributed by atoms with Gasteiger partial charge in [0.1, 0.15) is 23.3 Å². The van der Waals surface area contributed by atoms with Crippen molar-refractivity contribution in [3.8, 4) is 28.6 Å². The Labute approximate surface area is 131 Å². The van der Waals surface area contributed by atoms with Crippen LogP contribution in [0.1, 0.15) is 11.1 Å². The van der Waals surface area contributed by atoms with Crippen LogP contribution in [0.2, 0.25) is 0 Å². The Kier molecular flexibility index (Phi) is 3.82. The van der Waals surface area contributed by atoms with Crippen LogP contribution < -0.4 is 0 Å². The number of hydrogen-bond acceptors (Lipinski definition) is 3. The Bertz CT molecular complexity index is 872. The molecule has 3 aromatic rings. The van der Waals surface area contributed by atoms with E-state index < -0.39 is 17.2 Å². The highest BCUT2D eigenvalue weighted by Crippen LogP contribution is 2.23. The van der Waals surface area contributed by atoms with Crippen LogP contribution in [0.5, 0.6) is 0 Å². The summed E-state index contributed by atoms with van der Waals surface area (Å²) in [7, 11) is 0. The first-order valence-corrected chi connectivity index (χ1v) is 6.87. The Balaban J connectivity index is 1.97. The minimum Gasteiger partial charge on any atom is -0.236 e. The zero-order chi connectivity index (χ0) is 16.4. The maximum atomic E-state index is 13.7. The summed E-state index contributed by atoms with van der Waals surface area (Å²) in [5.41, 5.74) is 2.50. The van der Waals surface area contributed by atoms with Gasteiger partial charge in [-0.3, -0.25) is 0 Å². The molecule has 0 aliphatic rings. The smallest absolute Gasteiger partial charge is 0.159 e. The number of hydrogen-bond donors (Lipinski definition) is 0. The van der Waals surface area contributed by atoms with E-state index in [0.717, 1.165) is 28.8 Å². The van der Waals surface area contributed by atoms with Gasteiger partial charge in [0.05, 0.1) is 0 Å². The molecule has 2 aromatic carbocycles. The van der Waals surface area contributed by atoms with E-state index in [4.69, 9.17) is 5.26 Å². The Morgan fingerprint density at radius 2 is 1.43 bits per heavy atom. The van der Waals surface area contributed by atoms with Crippen molar-refractivity contribution in [2.45, 2.75) is 6.92 Å². The summed E-state index contributed by atoms with van der Waals surface area (Å²) < 4.78 is 27.3. The highest BCUT2D eigenvalue weighted by Gasteiger charge is 2.13. The maximum Gasteiger partial charge on any atom is 0.159 e. The van der Waals surface area contributed by atoms with Crippen molar-refractivity contribution in [3.63, 3.8) is 0 Å². The first-order chi connectivity index (χ1) is 11.1. The minimum atomic E-state index is -0.922. The van der Waals surface area contributed by atoms with E-state index in [0.29, 0.717) is 0 Å². The number of halogens is 2. The molecule has 3 rings (SSSR count). The lowest BCUT2D eigenvalue weighted by Gasteiger charge is -2.05. The molecule has 3 nitrogen and oxygen atoms in total. The van der Waals surface area contributed by atoms with Crippen LogP contribution in [0.4, 0.5) is 8.78 Å². The van der Waals surface area contributed by atoms with Crippen LogP contribution in [-0.4, -0.2) is 9.97 Å². The number of rotatable bonds is 2. The molecule has 0 radical (unpaired) electrons. The molecule has 23 heavy (non-hydrogen) atoms. The SMILES string of the molecule is Cc1ccc(-c2cnc(-c3cc(F)c(C#N)c(F)c3)nc2)cc1. The fourth-order valence-electron chi connectivity index (χ4n) is 2.18. The number of aromatic nitrogens is 2. The summed E-state index contributed by atoms with van der Waals surface area (Å²) in [6.07, 6.45) is 3.20. The second-order valence-corrected chi connectivity index (χ2v) is 5.09. The van der Waals surface area contributed by atoms with E-state index in [-0.39, 0.29) is 11.4 Å². The van der Waals surface area contributed by atoms with Crippen LogP contribution in [0.3, 0.4) is 0 Å². The lowest BCUT2D eigenvalue weighted by molar-refractivity contribution is 0.577. The molecule has 5 heteroatoms. The average Bonchev–Trinajstić information content (AvgIpc) is 2.55. The summed E-state index contributed by atoms with van der Waals surface area (Å²) in [6.45, 7) is 2.00. The van der Waals surface area contributed by atoms with Crippen LogP contribution in [-0.2, 0) is 0 Å². The quantitative estimate of drug-likeness (QED) is 0.710. The minimum absolute atomic E-state index is 0.189. The molecule has 0 fully saturated rings. The molecule has 0 saturated heterocycles. The van der Waals surface area contributed by atoms with Gasteiger partial charge in [0.25, 0.3) is 0 Å². The molecular formula is C18H11F2N3. The number of aryl methyl sites for hydroxylation is 1. The van der Waals surface area contributed by atoms with Crippen molar-refractivity contribution in [1.82, 2.24) is 9.97 Å². The molecule has 0 atom stereocenters. The van der Waals surface area contributed by atoms with Gasteiger partial charge >= 0.3 is 0 Å². The molecule has 0 N–H and O–H groups in total. The zero-order valence-corrected chi connectivity index (χ0v) is 12.2. The monoisotopic (exact) mass is 307 g/mol. The molecule has 0 unspecified atom stereocenters. The molecule has 1 heterocycles. The Hall–Kier alpha value is -3.13. The van der Waals surface area contributed by atoms with Gasteiger partial charge in [0.2, 0.25) is 0 Å². The van der Waals surface area contributed by atoms with Gasteiger partial charge in [-0.25, -0.2) is 18.7 Å². The van der Waals surface area contributed by atoms with Crippen molar-refractivity contribution in [1.29, 1.82) is 5.26 Å². The molecule has 0 aliphatic carbocycles. The molecular weight excluding hydrogens is 296 g/mol. The topological polar surface area (TPSA) is 49.6 Å². The standard InChI is InChI=1S/C18H11F2N3/c1-11-2-4-12(5-3-11)14-9-22-18(23-10-14)13-6-16(19)15(8-21)17(20)7-13/h2-7,9-10H,1H3. The summed E-state index contributed by atoms with van der Waals surface area (Å²) in [4.78, 5) is 8.32. The van der Waals surface area contributed by atoms with Crippen molar-refractivity contribution < 1.29 is 8.78 Å². The zero-order valence-electron chi connectivity index (χ0n) is 12.2. The summed E-state index contributed by atoms with van der Waals surface area (Å²) in [5.74, 6) is -1.65. The van der Waals surface area contributed by atoms with Crippen LogP contribution in [0.15, 0.2) is 48.8 Å². The summed E-state index contributed by atoms with van der Waals surface area (Å²) in [6, 6.07) is 11.5. The third kappa shape index (κ3) is 2.92. The van der Waals surface area contributed by atoms with E-state index in [1.165, 1.54) is 6.07 Å². The molecule has 112 valence electrons. The third-order valence-corrected chi connectivity index (χ3v) is 3.45. The van der Waals surface area contributed by atoms with Crippen molar-refractivity contribution in [2.75, 3.05) is 0 Å². The van der Waals surface area contributed by atoms with Gasteiger partial charge in [0.15, 0.2) is 5.82 Å². The van der Waals surface area contributed by atoms with E-state index in [1.54, 1.807) is 12.4 Å². The van der Waals surface area contributed by atoms with Crippen LogP contribution in [0.25, 0.3) is 22.5 Å². The normalized spacial score (nSPS) is 10.3. The van der Waals surface area contributed by atoms with E-state index in [9.17, 15) is 8.78 Å². The highest BCUT2D eigenvalue weighted by atomic mass is 19.1. The number of nitrogens with zero attached hydrogens (tertiary/aromatic N) is 3. The average molecular weight is 307 g/mol. The lowest BCUT2D eigenvalue weighted by Crippen LogP contribution is -1.95. The lowest BCUT2D eigenvalue weighted by atomic mass is 10.1. The number of nitriles is 1. The fraction of sp³-hybridized carbons (Fsp3) is 0.0556. The fourth-order valence-corrected chi connectivity index (χ4v) is 2.18. The van der Waals surface area contributed by atoms with E-state index >= 15 is 0 Å². The third-order valence-electron chi connectivity index (χ3n) is 3.45. The first-order valence-electron chi connectivity index (χ1n) is 6.87. The van der Waals surface area contributed by atoms with Crippen molar-refractivity contribution in [2.24, 2.45) is 0 Å². The Morgan fingerprint density at radius 3 is 1.96 bits per heavy atom. The van der Waals surface area contributed by atoms with Crippen LogP contribution in [0, 0.1) is 29.9 Å². The van der Waals surface area contributed by atoms with Crippen LogP contribution >= 0.6 is 0 Å². The Morgan fingerprint density at radius 1 is 0.870 bits per heavy atom. The van der Waals surface area contributed by atoms with Gasteiger partial charge in [-0.2, -0.15) is 5.26 Å². The number of benzene rings is 2. The van der Waals surface area contributed by atoms with E-state index in [2.05, 4.69) is 9.97 Å². The predicted molar refractivity (Wildman–Crippen MR) is 82.3 cm³/mol. The molecule has 1 aromatic heterocycles. The summed E-state index contributed by atoms with van der Waals surface area (Å²) in [5, 5.41) is 8.68. The van der Waals surface area contributed by atoms with Gasteiger partial charge in [-0.15, -0.1) is 0 Å². The molecule has 0 saturated carbocycles.